The first-order chi connectivity index (χ1) is 14.1. The van der Waals surface area contributed by atoms with Crippen LogP contribution in [0.25, 0.3) is 0 Å². The number of imide groups is 1. The molecule has 2 heterocycles. The molecule has 2 aliphatic rings. The zero-order valence-corrected chi connectivity index (χ0v) is 16.7. The van der Waals surface area contributed by atoms with Gasteiger partial charge in [0.05, 0.1) is 13.0 Å². The maximum atomic E-state index is 14.2. The lowest BCUT2D eigenvalue weighted by atomic mass is 9.80. The Morgan fingerprint density at radius 2 is 1.67 bits per heavy atom. The number of hydrogen-bond acceptors (Lipinski definition) is 4. The molecule has 1 spiro atoms. The van der Waals surface area contributed by atoms with Gasteiger partial charge < -0.3 is 5.11 Å². The van der Waals surface area contributed by atoms with Crippen molar-refractivity contribution in [2.45, 2.75) is 18.4 Å². The molecule has 10 heteroatoms. The second kappa shape index (κ2) is 7.07. The fourth-order valence-corrected chi connectivity index (χ4v) is 4.31. The summed E-state index contributed by atoms with van der Waals surface area (Å²) in [5.74, 6) is -4.30. The maximum absolute atomic E-state index is 14.2. The zero-order chi connectivity index (χ0) is 21.8. The monoisotopic (exact) mass is 450 g/mol. The minimum absolute atomic E-state index is 0.0143. The highest BCUT2D eigenvalue weighted by atomic mass is 35.5. The molecule has 0 bridgehead atoms. The third-order valence-corrected chi connectivity index (χ3v) is 5.75. The molecule has 2 aromatic carbocycles. The van der Waals surface area contributed by atoms with Crippen LogP contribution >= 0.6 is 23.2 Å². The second-order valence-corrected chi connectivity index (χ2v) is 7.92. The van der Waals surface area contributed by atoms with Gasteiger partial charge in [0.2, 0.25) is 17.7 Å². The summed E-state index contributed by atoms with van der Waals surface area (Å²) in [7, 11) is 0. The van der Waals surface area contributed by atoms with Crippen LogP contribution in [0.1, 0.15) is 17.5 Å². The molecule has 30 heavy (non-hydrogen) atoms. The fourth-order valence-electron chi connectivity index (χ4n) is 3.95. The Balaban J connectivity index is 1.79. The number of nitrogens with zero attached hydrogens (tertiary/aromatic N) is 2. The van der Waals surface area contributed by atoms with E-state index in [0.29, 0.717) is 0 Å². The topological polar surface area (TPSA) is 95.0 Å². The van der Waals surface area contributed by atoms with E-state index in [1.807, 2.05) is 0 Å². The van der Waals surface area contributed by atoms with Gasteiger partial charge in [0, 0.05) is 26.9 Å². The summed E-state index contributed by atoms with van der Waals surface area (Å²) < 4.78 is 14.2. The number of benzene rings is 2. The number of carboxylic acids is 1. The van der Waals surface area contributed by atoms with E-state index in [9.17, 15) is 28.7 Å². The van der Waals surface area contributed by atoms with Crippen molar-refractivity contribution in [1.82, 2.24) is 4.90 Å². The van der Waals surface area contributed by atoms with E-state index in [-0.39, 0.29) is 26.9 Å². The van der Waals surface area contributed by atoms with Crippen LogP contribution in [0.4, 0.5) is 10.1 Å². The van der Waals surface area contributed by atoms with Gasteiger partial charge in [0.15, 0.2) is 5.41 Å². The van der Waals surface area contributed by atoms with Crippen molar-refractivity contribution in [3.63, 3.8) is 0 Å². The summed E-state index contributed by atoms with van der Waals surface area (Å²) in [5.41, 5.74) is -1.56. The molecule has 0 aliphatic carbocycles. The van der Waals surface area contributed by atoms with Gasteiger partial charge >= 0.3 is 5.97 Å². The number of halogens is 3. The van der Waals surface area contributed by atoms with Gasteiger partial charge in [0.1, 0.15) is 12.4 Å². The smallest absolute Gasteiger partial charge is 0.323 e. The van der Waals surface area contributed by atoms with E-state index in [0.717, 1.165) is 15.9 Å². The van der Waals surface area contributed by atoms with E-state index in [1.54, 1.807) is 0 Å². The van der Waals surface area contributed by atoms with Crippen LogP contribution in [0.5, 0.6) is 0 Å². The van der Waals surface area contributed by atoms with E-state index in [1.165, 1.54) is 30.3 Å². The molecule has 2 aliphatic heterocycles. The Kier molecular flexibility index (Phi) is 4.79. The lowest BCUT2D eigenvalue weighted by Crippen LogP contribution is -2.47. The van der Waals surface area contributed by atoms with Crippen LogP contribution in [0, 0.1) is 5.82 Å². The van der Waals surface area contributed by atoms with Crippen molar-refractivity contribution < 1.29 is 28.7 Å². The molecular weight excluding hydrogens is 438 g/mol. The van der Waals surface area contributed by atoms with E-state index < -0.39 is 54.4 Å². The number of carboxylic acid groups (broad SMARTS) is 1. The van der Waals surface area contributed by atoms with Crippen LogP contribution in [0.15, 0.2) is 36.4 Å². The molecule has 0 saturated carbocycles. The maximum Gasteiger partial charge on any atom is 0.323 e. The average Bonchev–Trinajstić information content (AvgIpc) is 3.05. The first-order valence-electron chi connectivity index (χ1n) is 8.77. The summed E-state index contributed by atoms with van der Waals surface area (Å²) >= 11 is 11.9. The Morgan fingerprint density at radius 3 is 2.37 bits per heavy atom. The van der Waals surface area contributed by atoms with Crippen molar-refractivity contribution in [3.8, 4) is 0 Å². The third-order valence-electron chi connectivity index (χ3n) is 5.28. The number of aliphatic carboxylic acids is 1. The summed E-state index contributed by atoms with van der Waals surface area (Å²) in [4.78, 5) is 52.4. The van der Waals surface area contributed by atoms with Gasteiger partial charge in [-0.05, 0) is 36.4 Å². The predicted molar refractivity (Wildman–Crippen MR) is 105 cm³/mol. The second-order valence-electron chi connectivity index (χ2n) is 7.05. The number of anilines is 1. The molecule has 0 aromatic heterocycles. The molecular formula is C20H13Cl2FN2O5. The largest absolute Gasteiger partial charge is 0.480 e. The summed E-state index contributed by atoms with van der Waals surface area (Å²) in [5, 5.41) is 9.63. The molecule has 154 valence electrons. The normalized spacial score (nSPS) is 20.4. The molecule has 3 amide bonds. The van der Waals surface area contributed by atoms with Crippen molar-refractivity contribution >= 4 is 52.6 Å². The number of amides is 3. The zero-order valence-electron chi connectivity index (χ0n) is 15.2. The van der Waals surface area contributed by atoms with Gasteiger partial charge in [-0.25, -0.2) is 4.39 Å². The fraction of sp³-hybridized carbons (Fsp3) is 0.200. The highest BCUT2D eigenvalue weighted by Crippen LogP contribution is 2.49. The average molecular weight is 451 g/mol. The number of rotatable bonds is 4. The number of carbonyl (C=O) groups excluding carboxylic acids is 3. The van der Waals surface area contributed by atoms with Gasteiger partial charge in [-0.3, -0.25) is 29.0 Å². The van der Waals surface area contributed by atoms with Crippen molar-refractivity contribution in [1.29, 1.82) is 0 Å². The first-order valence-corrected chi connectivity index (χ1v) is 9.53. The molecule has 1 fully saturated rings. The Hall–Kier alpha value is -2.97. The number of hydrogen-bond donors (Lipinski definition) is 1. The van der Waals surface area contributed by atoms with Gasteiger partial charge in [-0.1, -0.05) is 23.2 Å². The number of likely N-dealkylation sites (tertiary alicyclic amines) is 1. The summed E-state index contributed by atoms with van der Waals surface area (Å²) in [6, 6.07) is 8.01. The Bertz CT molecular complexity index is 1140. The molecule has 0 unspecified atom stereocenters. The molecule has 1 atom stereocenters. The molecule has 2 aromatic rings. The SMILES string of the molecule is O=C(O)CN1C(=O)[C@]2(CC(=O)N(Cc3cc(Cl)ccc3F)C2=O)c2cc(Cl)ccc21. The van der Waals surface area contributed by atoms with Crippen LogP contribution < -0.4 is 4.90 Å². The molecule has 7 nitrogen and oxygen atoms in total. The van der Waals surface area contributed by atoms with Crippen LogP contribution in [-0.2, 0) is 31.1 Å². The highest BCUT2D eigenvalue weighted by molar-refractivity contribution is 6.33. The lowest BCUT2D eigenvalue weighted by molar-refractivity contribution is -0.143. The lowest BCUT2D eigenvalue weighted by Gasteiger charge is -2.22. The van der Waals surface area contributed by atoms with E-state index in [2.05, 4.69) is 0 Å². The van der Waals surface area contributed by atoms with Crippen molar-refractivity contribution in [2.75, 3.05) is 11.4 Å². The quantitative estimate of drug-likeness (QED) is 0.570. The molecule has 1 N–H and O–H groups in total. The van der Waals surface area contributed by atoms with E-state index in [4.69, 9.17) is 23.2 Å². The summed E-state index contributed by atoms with van der Waals surface area (Å²) in [6.07, 6.45) is -0.504. The van der Waals surface area contributed by atoms with Crippen LogP contribution in [0.3, 0.4) is 0 Å². The Labute approximate surface area is 179 Å². The van der Waals surface area contributed by atoms with Crippen molar-refractivity contribution in [3.05, 3.63) is 63.4 Å². The van der Waals surface area contributed by atoms with Crippen molar-refractivity contribution in [2.24, 2.45) is 0 Å². The number of carbonyl (C=O) groups is 4. The highest BCUT2D eigenvalue weighted by Gasteiger charge is 2.64. The van der Waals surface area contributed by atoms with Crippen LogP contribution in [-0.4, -0.2) is 40.2 Å². The standard InChI is InChI=1S/C20H13Cl2FN2O5/c21-11-1-3-14(23)10(5-11)8-25-16(26)7-20(19(25)30)13-6-12(22)2-4-15(13)24(18(20)29)9-17(27)28/h1-6H,7-9H2,(H,27,28)/t20-/m0/s1. The third kappa shape index (κ3) is 2.95. The number of fused-ring (bicyclic) bond motifs is 2. The molecule has 0 radical (unpaired) electrons. The predicted octanol–water partition coefficient (Wildman–Crippen LogP) is 2.76. The minimum atomic E-state index is -1.93. The molecule has 4 rings (SSSR count). The van der Waals surface area contributed by atoms with Gasteiger partial charge in [0.25, 0.3) is 0 Å². The first kappa shape index (κ1) is 20.3. The van der Waals surface area contributed by atoms with Gasteiger partial charge in [-0.2, -0.15) is 0 Å². The van der Waals surface area contributed by atoms with Gasteiger partial charge in [-0.15, -0.1) is 0 Å². The van der Waals surface area contributed by atoms with Crippen LogP contribution in [0.2, 0.25) is 10.0 Å². The minimum Gasteiger partial charge on any atom is -0.480 e. The molecule has 1 saturated heterocycles. The van der Waals surface area contributed by atoms with E-state index >= 15 is 0 Å². The Morgan fingerprint density at radius 1 is 1.03 bits per heavy atom. The summed E-state index contributed by atoms with van der Waals surface area (Å²) in [6.45, 7) is -1.09.